The minimum Gasteiger partial charge on any atom is -0.493 e. The van der Waals surface area contributed by atoms with Crippen molar-refractivity contribution in [2.75, 3.05) is 14.2 Å². The summed E-state index contributed by atoms with van der Waals surface area (Å²) in [5, 5.41) is 8.02. The maximum Gasteiger partial charge on any atom is 0.160 e. The maximum absolute atomic E-state index is 5.55. The van der Waals surface area contributed by atoms with Crippen LogP contribution in [0.5, 0.6) is 5.75 Å². The Hall–Kier alpha value is -1.03. The van der Waals surface area contributed by atoms with Crippen LogP contribution < -0.4 is 10.1 Å². The summed E-state index contributed by atoms with van der Waals surface area (Å²) in [7, 11) is 3.83. The van der Waals surface area contributed by atoms with E-state index in [1.165, 1.54) is 37.8 Å². The Kier molecular flexibility index (Phi) is 5.25. The SMILES string of the molecule is CCCn1ncc(OC)c1C1CCCCCC1NC. The summed E-state index contributed by atoms with van der Waals surface area (Å²) in [6.45, 7) is 3.17. The van der Waals surface area contributed by atoms with Gasteiger partial charge in [0.25, 0.3) is 0 Å². The Balaban J connectivity index is 2.32. The molecule has 0 amide bonds. The second kappa shape index (κ2) is 6.94. The number of hydrogen-bond donors (Lipinski definition) is 1. The fourth-order valence-electron chi connectivity index (χ4n) is 3.28. The van der Waals surface area contributed by atoms with E-state index in [1.807, 2.05) is 6.20 Å². The number of likely N-dealkylation sites (N-methyl/N-ethyl adjacent to an activating group) is 1. The van der Waals surface area contributed by atoms with E-state index < -0.39 is 0 Å². The minimum atomic E-state index is 0.525. The van der Waals surface area contributed by atoms with Crippen LogP contribution in [-0.4, -0.2) is 30.0 Å². The quantitative estimate of drug-likeness (QED) is 0.832. The largest absolute Gasteiger partial charge is 0.493 e. The van der Waals surface area contributed by atoms with Gasteiger partial charge in [-0.3, -0.25) is 4.68 Å². The third-order valence-electron chi connectivity index (χ3n) is 4.24. The van der Waals surface area contributed by atoms with Crippen LogP contribution in [0.2, 0.25) is 0 Å². The normalized spacial score (nSPS) is 24.2. The number of nitrogens with one attached hydrogen (secondary N) is 1. The molecule has 1 N–H and O–H groups in total. The van der Waals surface area contributed by atoms with E-state index in [0.717, 1.165) is 18.7 Å². The first kappa shape index (κ1) is 14.4. The topological polar surface area (TPSA) is 39.1 Å². The molecule has 4 nitrogen and oxygen atoms in total. The molecule has 0 aromatic carbocycles. The number of methoxy groups -OCH3 is 1. The molecule has 1 aromatic rings. The van der Waals surface area contributed by atoms with Gasteiger partial charge in [0.2, 0.25) is 0 Å². The van der Waals surface area contributed by atoms with Gasteiger partial charge in [-0.25, -0.2) is 0 Å². The smallest absolute Gasteiger partial charge is 0.160 e. The molecule has 1 heterocycles. The number of nitrogens with zero attached hydrogens (tertiary/aromatic N) is 2. The van der Waals surface area contributed by atoms with Crippen LogP contribution in [0, 0.1) is 0 Å². The van der Waals surface area contributed by atoms with E-state index in [4.69, 9.17) is 4.74 Å². The third-order valence-corrected chi connectivity index (χ3v) is 4.24. The zero-order chi connectivity index (χ0) is 13.7. The Bertz CT molecular complexity index is 389. The summed E-state index contributed by atoms with van der Waals surface area (Å²) in [4.78, 5) is 0. The van der Waals surface area contributed by atoms with Crippen LogP contribution in [-0.2, 0) is 6.54 Å². The van der Waals surface area contributed by atoms with Crippen molar-refractivity contribution in [2.45, 2.75) is 64.0 Å². The number of aromatic nitrogens is 2. The molecule has 1 aliphatic carbocycles. The van der Waals surface area contributed by atoms with E-state index in [-0.39, 0.29) is 0 Å². The van der Waals surface area contributed by atoms with Gasteiger partial charge in [-0.05, 0) is 26.3 Å². The maximum atomic E-state index is 5.55. The van der Waals surface area contributed by atoms with E-state index in [2.05, 4.69) is 29.1 Å². The summed E-state index contributed by atoms with van der Waals surface area (Å²) >= 11 is 0. The fraction of sp³-hybridized carbons (Fsp3) is 0.800. The molecule has 1 saturated carbocycles. The van der Waals surface area contributed by atoms with Crippen LogP contribution in [0.4, 0.5) is 0 Å². The van der Waals surface area contributed by atoms with Crippen molar-refractivity contribution in [1.82, 2.24) is 15.1 Å². The van der Waals surface area contributed by atoms with Gasteiger partial charge >= 0.3 is 0 Å². The van der Waals surface area contributed by atoms with Gasteiger partial charge in [-0.15, -0.1) is 0 Å². The predicted molar refractivity (Wildman–Crippen MR) is 77.7 cm³/mol. The molecule has 1 aromatic heterocycles. The molecular weight excluding hydrogens is 238 g/mol. The summed E-state index contributed by atoms with van der Waals surface area (Å²) in [5.74, 6) is 1.48. The molecule has 0 spiro atoms. The van der Waals surface area contributed by atoms with Gasteiger partial charge in [0.15, 0.2) is 5.75 Å². The zero-order valence-electron chi connectivity index (χ0n) is 12.5. The minimum absolute atomic E-state index is 0.525. The van der Waals surface area contributed by atoms with E-state index in [1.54, 1.807) is 7.11 Å². The lowest BCUT2D eigenvalue weighted by atomic mass is 9.91. The summed E-state index contributed by atoms with van der Waals surface area (Å²) in [6.07, 6.45) is 9.45. The van der Waals surface area contributed by atoms with E-state index in [9.17, 15) is 0 Å². The Morgan fingerprint density at radius 2 is 2.16 bits per heavy atom. The van der Waals surface area contributed by atoms with Crippen molar-refractivity contribution in [3.8, 4) is 5.75 Å². The second-order valence-corrected chi connectivity index (χ2v) is 5.46. The Morgan fingerprint density at radius 1 is 1.37 bits per heavy atom. The third kappa shape index (κ3) is 3.11. The lowest BCUT2D eigenvalue weighted by Crippen LogP contribution is -2.32. The van der Waals surface area contributed by atoms with E-state index in [0.29, 0.717) is 12.0 Å². The standard InChI is InChI=1S/C15H27N3O/c1-4-10-18-15(14(19-3)11-17-18)12-8-6-5-7-9-13(12)16-2/h11-13,16H,4-10H2,1-3H3. The van der Waals surface area contributed by atoms with Gasteiger partial charge < -0.3 is 10.1 Å². The molecule has 19 heavy (non-hydrogen) atoms. The van der Waals surface area contributed by atoms with Crippen molar-refractivity contribution < 1.29 is 4.74 Å². The molecule has 0 bridgehead atoms. The Morgan fingerprint density at radius 3 is 2.84 bits per heavy atom. The first-order valence-electron chi connectivity index (χ1n) is 7.58. The lowest BCUT2D eigenvalue weighted by Gasteiger charge is -2.26. The summed E-state index contributed by atoms with van der Waals surface area (Å²) in [6, 6.07) is 0.545. The fourth-order valence-corrected chi connectivity index (χ4v) is 3.28. The van der Waals surface area contributed by atoms with Crippen LogP contribution in [0.15, 0.2) is 6.20 Å². The van der Waals surface area contributed by atoms with Crippen LogP contribution in [0.25, 0.3) is 0 Å². The van der Waals surface area contributed by atoms with Gasteiger partial charge in [0, 0.05) is 18.5 Å². The number of rotatable bonds is 5. The summed E-state index contributed by atoms with van der Waals surface area (Å²) in [5.41, 5.74) is 1.30. The number of aryl methyl sites for hydroxylation is 1. The molecule has 1 aliphatic rings. The second-order valence-electron chi connectivity index (χ2n) is 5.46. The van der Waals surface area contributed by atoms with Gasteiger partial charge in [0.1, 0.15) is 0 Å². The van der Waals surface area contributed by atoms with Crippen molar-refractivity contribution in [3.05, 3.63) is 11.9 Å². The van der Waals surface area contributed by atoms with Crippen molar-refractivity contribution in [2.24, 2.45) is 0 Å². The van der Waals surface area contributed by atoms with Crippen molar-refractivity contribution in [1.29, 1.82) is 0 Å². The highest BCUT2D eigenvalue weighted by atomic mass is 16.5. The molecule has 2 atom stereocenters. The van der Waals surface area contributed by atoms with Gasteiger partial charge in [0.05, 0.1) is 19.0 Å². The highest BCUT2D eigenvalue weighted by Gasteiger charge is 2.29. The molecule has 1 fully saturated rings. The zero-order valence-corrected chi connectivity index (χ0v) is 12.5. The average molecular weight is 265 g/mol. The number of ether oxygens (including phenoxy) is 1. The molecule has 4 heteroatoms. The van der Waals surface area contributed by atoms with Crippen LogP contribution >= 0.6 is 0 Å². The molecule has 2 unspecified atom stereocenters. The monoisotopic (exact) mass is 265 g/mol. The highest BCUT2D eigenvalue weighted by molar-refractivity contribution is 5.30. The molecule has 0 saturated heterocycles. The first-order chi connectivity index (χ1) is 9.31. The van der Waals surface area contributed by atoms with Crippen LogP contribution in [0.1, 0.15) is 57.1 Å². The molecule has 0 aliphatic heterocycles. The highest BCUT2D eigenvalue weighted by Crippen LogP contribution is 2.36. The van der Waals surface area contributed by atoms with Crippen LogP contribution in [0.3, 0.4) is 0 Å². The van der Waals surface area contributed by atoms with Gasteiger partial charge in [-0.1, -0.05) is 26.2 Å². The molecule has 108 valence electrons. The predicted octanol–water partition coefficient (Wildman–Crippen LogP) is 2.94. The molecular formula is C15H27N3O. The lowest BCUT2D eigenvalue weighted by molar-refractivity contribution is 0.370. The summed E-state index contributed by atoms with van der Waals surface area (Å²) < 4.78 is 7.70. The van der Waals surface area contributed by atoms with E-state index >= 15 is 0 Å². The van der Waals surface area contributed by atoms with Crippen molar-refractivity contribution in [3.63, 3.8) is 0 Å². The average Bonchev–Trinajstić information content (AvgIpc) is 2.68. The van der Waals surface area contributed by atoms with Gasteiger partial charge in [-0.2, -0.15) is 5.10 Å². The molecule has 0 radical (unpaired) electrons. The van der Waals surface area contributed by atoms with Crippen molar-refractivity contribution >= 4 is 0 Å². The first-order valence-corrected chi connectivity index (χ1v) is 7.58. The number of hydrogen-bond acceptors (Lipinski definition) is 3. The Labute approximate surface area is 116 Å². The molecule has 2 rings (SSSR count).